The molecule has 0 saturated carbocycles. The number of piperidine rings is 1. The lowest BCUT2D eigenvalue weighted by atomic mass is 9.91. The second-order valence-corrected chi connectivity index (χ2v) is 8.03. The van der Waals surface area contributed by atoms with Crippen LogP contribution in [0.5, 0.6) is 0 Å². The molecule has 2 amide bonds. The number of rotatable bonds is 6. The number of likely N-dealkylation sites (N-methyl/N-ethyl adjacent to an activating group) is 1. The molecular formula is C19H29N5O3. The van der Waals surface area contributed by atoms with Gasteiger partial charge in [-0.2, -0.15) is 5.10 Å². The fraction of sp³-hybridized carbons (Fsp3) is 0.684. The van der Waals surface area contributed by atoms with E-state index in [1.54, 1.807) is 28.1 Å². The molecule has 148 valence electrons. The molecule has 0 unspecified atom stereocenters. The summed E-state index contributed by atoms with van der Waals surface area (Å²) in [4.78, 5) is 30.6. The Morgan fingerprint density at radius 1 is 1.37 bits per heavy atom. The van der Waals surface area contributed by atoms with E-state index in [1.807, 2.05) is 0 Å². The molecule has 2 fully saturated rings. The van der Waals surface area contributed by atoms with Crippen LogP contribution in [0.15, 0.2) is 18.3 Å². The van der Waals surface area contributed by atoms with Crippen molar-refractivity contribution in [2.75, 3.05) is 46.3 Å². The van der Waals surface area contributed by atoms with Gasteiger partial charge in [-0.15, -0.1) is 5.10 Å². The molecule has 27 heavy (non-hydrogen) atoms. The Morgan fingerprint density at radius 2 is 2.11 bits per heavy atom. The van der Waals surface area contributed by atoms with Gasteiger partial charge in [0.25, 0.3) is 5.91 Å². The van der Waals surface area contributed by atoms with Gasteiger partial charge in [-0.1, -0.05) is 13.8 Å². The van der Waals surface area contributed by atoms with Gasteiger partial charge in [0.15, 0.2) is 5.69 Å². The van der Waals surface area contributed by atoms with Gasteiger partial charge in [0, 0.05) is 51.8 Å². The van der Waals surface area contributed by atoms with E-state index >= 15 is 0 Å². The topological polar surface area (TPSA) is 78.9 Å². The van der Waals surface area contributed by atoms with Crippen LogP contribution in [0.2, 0.25) is 0 Å². The van der Waals surface area contributed by atoms with E-state index in [9.17, 15) is 9.59 Å². The van der Waals surface area contributed by atoms with Crippen molar-refractivity contribution in [3.8, 4) is 0 Å². The molecule has 0 aliphatic carbocycles. The minimum atomic E-state index is -0.465. The van der Waals surface area contributed by atoms with E-state index < -0.39 is 5.60 Å². The van der Waals surface area contributed by atoms with Crippen molar-refractivity contribution in [3.63, 3.8) is 0 Å². The van der Waals surface area contributed by atoms with Crippen LogP contribution in [-0.2, 0) is 4.74 Å². The number of ether oxygens (including phenoxy) is 1. The Kier molecular flexibility index (Phi) is 5.94. The molecule has 0 radical (unpaired) electrons. The number of hydrogen-bond donors (Lipinski definition) is 0. The van der Waals surface area contributed by atoms with Crippen LogP contribution < -0.4 is 0 Å². The molecule has 1 spiro atoms. The van der Waals surface area contributed by atoms with Gasteiger partial charge in [-0.3, -0.25) is 4.79 Å². The number of nitrogens with zero attached hydrogens (tertiary/aromatic N) is 5. The van der Waals surface area contributed by atoms with E-state index in [-0.39, 0.29) is 12.0 Å². The third kappa shape index (κ3) is 4.74. The lowest BCUT2D eigenvalue weighted by Gasteiger charge is -2.37. The zero-order valence-corrected chi connectivity index (χ0v) is 16.4. The highest BCUT2D eigenvalue weighted by Crippen LogP contribution is 2.33. The summed E-state index contributed by atoms with van der Waals surface area (Å²) in [5, 5.41) is 7.66. The molecule has 2 aliphatic rings. The highest BCUT2D eigenvalue weighted by atomic mass is 16.6. The predicted molar refractivity (Wildman–Crippen MR) is 100 cm³/mol. The summed E-state index contributed by atoms with van der Waals surface area (Å²) in [6, 6.07) is 3.38. The minimum Gasteiger partial charge on any atom is -0.441 e. The van der Waals surface area contributed by atoms with E-state index in [4.69, 9.17) is 4.74 Å². The van der Waals surface area contributed by atoms with Crippen molar-refractivity contribution >= 4 is 12.0 Å². The summed E-state index contributed by atoms with van der Waals surface area (Å²) in [6.45, 7) is 8.61. The summed E-state index contributed by atoms with van der Waals surface area (Å²) in [5.41, 5.74) is -0.112. The molecule has 8 nitrogen and oxygen atoms in total. The van der Waals surface area contributed by atoms with E-state index in [0.29, 0.717) is 50.6 Å². The zero-order valence-electron chi connectivity index (χ0n) is 16.4. The third-order valence-electron chi connectivity index (χ3n) is 5.22. The van der Waals surface area contributed by atoms with E-state index in [2.05, 4.69) is 36.0 Å². The number of hydrogen-bond acceptors (Lipinski definition) is 6. The Hall–Kier alpha value is -2.22. The van der Waals surface area contributed by atoms with Crippen LogP contribution >= 0.6 is 0 Å². The number of aromatic nitrogens is 2. The highest BCUT2D eigenvalue weighted by Gasteiger charge is 2.47. The van der Waals surface area contributed by atoms with Crippen molar-refractivity contribution in [3.05, 3.63) is 24.0 Å². The SMILES string of the molecule is CC(C)CN(C)CCN1CC2(CCN(C(=O)c3cccnn3)CC2)OC1=O. The van der Waals surface area contributed by atoms with Crippen LogP contribution in [0, 0.1) is 5.92 Å². The van der Waals surface area contributed by atoms with E-state index in [0.717, 1.165) is 13.1 Å². The summed E-state index contributed by atoms with van der Waals surface area (Å²) in [6.07, 6.45) is 2.63. The van der Waals surface area contributed by atoms with Crippen LogP contribution in [-0.4, -0.2) is 88.8 Å². The molecule has 8 heteroatoms. The number of likely N-dealkylation sites (tertiary alicyclic amines) is 1. The molecule has 1 aromatic heterocycles. The first kappa shape index (κ1) is 19.5. The fourth-order valence-electron chi connectivity index (χ4n) is 3.83. The van der Waals surface area contributed by atoms with Crippen molar-refractivity contribution in [1.82, 2.24) is 24.9 Å². The molecule has 0 bridgehead atoms. The molecule has 1 aromatic rings. The molecule has 3 rings (SSSR count). The highest BCUT2D eigenvalue weighted by molar-refractivity contribution is 5.92. The third-order valence-corrected chi connectivity index (χ3v) is 5.22. The van der Waals surface area contributed by atoms with Crippen molar-refractivity contribution in [1.29, 1.82) is 0 Å². The van der Waals surface area contributed by atoms with Crippen LogP contribution in [0.4, 0.5) is 4.79 Å². The molecule has 2 aliphatic heterocycles. The van der Waals surface area contributed by atoms with Gasteiger partial charge in [0.05, 0.1) is 6.54 Å². The lowest BCUT2D eigenvalue weighted by Crippen LogP contribution is -2.49. The maximum absolute atomic E-state index is 12.5. The van der Waals surface area contributed by atoms with Gasteiger partial charge < -0.3 is 19.4 Å². The summed E-state index contributed by atoms with van der Waals surface area (Å²) in [7, 11) is 2.08. The van der Waals surface area contributed by atoms with E-state index in [1.165, 1.54) is 0 Å². The molecule has 0 aromatic carbocycles. The second kappa shape index (κ2) is 8.21. The molecule has 0 N–H and O–H groups in total. The average molecular weight is 375 g/mol. The van der Waals surface area contributed by atoms with Gasteiger partial charge in [-0.25, -0.2) is 4.79 Å². The maximum atomic E-state index is 12.5. The standard InChI is InChI=1S/C19H29N5O3/c1-15(2)13-22(3)11-12-24-14-19(27-18(24)26)6-9-23(10-7-19)17(25)16-5-4-8-20-21-16/h4-5,8,15H,6-7,9-14H2,1-3H3. The smallest absolute Gasteiger partial charge is 0.410 e. The van der Waals surface area contributed by atoms with Crippen LogP contribution in [0.1, 0.15) is 37.2 Å². The van der Waals surface area contributed by atoms with Gasteiger partial charge in [0.2, 0.25) is 0 Å². The molecule has 0 atom stereocenters. The van der Waals surface area contributed by atoms with Crippen molar-refractivity contribution in [2.24, 2.45) is 5.92 Å². The molecular weight excluding hydrogens is 346 g/mol. The molecule has 3 heterocycles. The number of carbonyl (C=O) groups excluding carboxylic acids is 2. The summed E-state index contributed by atoms with van der Waals surface area (Å²) >= 11 is 0. The van der Waals surface area contributed by atoms with Gasteiger partial charge in [0.1, 0.15) is 5.60 Å². The maximum Gasteiger partial charge on any atom is 0.410 e. The second-order valence-electron chi connectivity index (χ2n) is 8.03. The Balaban J connectivity index is 1.51. The first-order chi connectivity index (χ1) is 12.9. The first-order valence-electron chi connectivity index (χ1n) is 9.62. The minimum absolute atomic E-state index is 0.116. The number of carbonyl (C=O) groups is 2. The monoisotopic (exact) mass is 375 g/mol. The Labute approximate surface area is 160 Å². The zero-order chi connectivity index (χ0) is 19.4. The molecule has 2 saturated heterocycles. The normalized spacial score (nSPS) is 19.2. The Morgan fingerprint density at radius 3 is 2.74 bits per heavy atom. The largest absolute Gasteiger partial charge is 0.441 e. The van der Waals surface area contributed by atoms with Crippen molar-refractivity contribution in [2.45, 2.75) is 32.3 Å². The number of amides is 2. The van der Waals surface area contributed by atoms with Crippen LogP contribution in [0.3, 0.4) is 0 Å². The van der Waals surface area contributed by atoms with Gasteiger partial charge >= 0.3 is 6.09 Å². The first-order valence-corrected chi connectivity index (χ1v) is 9.62. The Bertz CT molecular complexity index is 659. The summed E-state index contributed by atoms with van der Waals surface area (Å²) < 4.78 is 5.75. The quantitative estimate of drug-likeness (QED) is 0.750. The fourth-order valence-corrected chi connectivity index (χ4v) is 3.83. The predicted octanol–water partition coefficient (Wildman–Crippen LogP) is 1.49. The van der Waals surface area contributed by atoms with Crippen molar-refractivity contribution < 1.29 is 14.3 Å². The average Bonchev–Trinajstić information content (AvgIpc) is 2.95. The summed E-state index contributed by atoms with van der Waals surface area (Å²) in [5.74, 6) is 0.484. The lowest BCUT2D eigenvalue weighted by molar-refractivity contribution is 0.00292. The van der Waals surface area contributed by atoms with Gasteiger partial charge in [-0.05, 0) is 25.1 Å². The van der Waals surface area contributed by atoms with Crippen LogP contribution in [0.25, 0.3) is 0 Å².